The molecule has 1 saturated heterocycles. The van der Waals surface area contributed by atoms with E-state index in [1.807, 2.05) is 4.90 Å². The minimum absolute atomic E-state index is 0.0507. The van der Waals surface area contributed by atoms with Crippen molar-refractivity contribution in [3.63, 3.8) is 0 Å². The summed E-state index contributed by atoms with van der Waals surface area (Å²) in [5, 5.41) is 5.53. The number of nitrogens with zero attached hydrogens (tertiary/aromatic N) is 5. The highest BCUT2D eigenvalue weighted by Gasteiger charge is 2.27. The molecule has 0 N–H and O–H groups in total. The van der Waals surface area contributed by atoms with Crippen LogP contribution in [0.5, 0.6) is 0 Å². The summed E-state index contributed by atoms with van der Waals surface area (Å²) in [6.45, 7) is 3.80. The van der Waals surface area contributed by atoms with Crippen molar-refractivity contribution in [2.75, 3.05) is 13.1 Å². The molecule has 1 aliphatic heterocycles. The number of rotatable bonds is 1. The van der Waals surface area contributed by atoms with Gasteiger partial charge in [0.15, 0.2) is 5.65 Å². The lowest BCUT2D eigenvalue weighted by molar-refractivity contribution is 0.0671. The van der Waals surface area contributed by atoms with E-state index in [2.05, 4.69) is 22.0 Å². The van der Waals surface area contributed by atoms with E-state index in [4.69, 9.17) is 0 Å². The van der Waals surface area contributed by atoms with Crippen molar-refractivity contribution in [2.24, 2.45) is 5.92 Å². The largest absolute Gasteiger partial charge is 0.336 e. The van der Waals surface area contributed by atoms with Crippen LogP contribution in [0.3, 0.4) is 0 Å². The summed E-state index contributed by atoms with van der Waals surface area (Å²) < 4.78 is 1.67. The molecule has 3 aromatic rings. The molecule has 5 rings (SSSR count). The molecule has 0 radical (unpaired) electrons. The number of hydrogen-bond acceptors (Lipinski definition) is 5. The lowest BCUT2D eigenvalue weighted by Crippen LogP contribution is -2.39. The van der Waals surface area contributed by atoms with Crippen LogP contribution in [0, 0.1) is 5.92 Å². The van der Waals surface area contributed by atoms with Crippen LogP contribution in [0.15, 0.2) is 6.33 Å². The molecule has 1 aliphatic carbocycles. The monoisotopic (exact) mass is 341 g/mol. The second-order valence-electron chi connectivity index (χ2n) is 6.98. The fourth-order valence-electron chi connectivity index (χ4n) is 4.00. The normalized spacial score (nSPS) is 20.9. The van der Waals surface area contributed by atoms with Crippen molar-refractivity contribution >= 4 is 33.1 Å². The Morgan fingerprint density at radius 3 is 3.12 bits per heavy atom. The summed E-state index contributed by atoms with van der Waals surface area (Å²) >= 11 is 1.76. The zero-order valence-corrected chi connectivity index (χ0v) is 14.5. The SMILES string of the molecule is CC1CCCN(C(=O)c2nc3c4c5c(sc4ncn3n2)CCC5)C1. The molecule has 1 unspecified atom stereocenters. The highest BCUT2D eigenvalue weighted by atomic mass is 32.1. The fourth-order valence-corrected chi connectivity index (χ4v) is 5.22. The van der Waals surface area contributed by atoms with Gasteiger partial charge in [-0.3, -0.25) is 4.79 Å². The van der Waals surface area contributed by atoms with E-state index in [9.17, 15) is 4.79 Å². The molecule has 24 heavy (non-hydrogen) atoms. The molecule has 3 aromatic heterocycles. The summed E-state index contributed by atoms with van der Waals surface area (Å²) in [7, 11) is 0. The number of aromatic nitrogens is 4. The Morgan fingerprint density at radius 1 is 1.33 bits per heavy atom. The third-order valence-electron chi connectivity index (χ3n) is 5.18. The van der Waals surface area contributed by atoms with Gasteiger partial charge in [0.25, 0.3) is 5.91 Å². The molecule has 1 amide bonds. The zero-order valence-electron chi connectivity index (χ0n) is 13.7. The van der Waals surface area contributed by atoms with E-state index in [0.717, 1.165) is 48.2 Å². The minimum Gasteiger partial charge on any atom is -0.336 e. The number of thiophene rings is 1. The topological polar surface area (TPSA) is 63.4 Å². The van der Waals surface area contributed by atoms with Gasteiger partial charge in [0, 0.05) is 18.0 Å². The molecule has 0 aromatic carbocycles. The first-order chi connectivity index (χ1) is 11.7. The van der Waals surface area contributed by atoms with Gasteiger partial charge >= 0.3 is 0 Å². The van der Waals surface area contributed by atoms with Gasteiger partial charge in [0.2, 0.25) is 5.82 Å². The van der Waals surface area contributed by atoms with E-state index in [1.54, 1.807) is 22.2 Å². The molecule has 4 heterocycles. The lowest BCUT2D eigenvalue weighted by atomic mass is 10.0. The molecule has 0 spiro atoms. The van der Waals surface area contributed by atoms with Crippen LogP contribution < -0.4 is 0 Å². The maximum absolute atomic E-state index is 12.8. The molecule has 0 saturated carbocycles. The maximum Gasteiger partial charge on any atom is 0.293 e. The maximum atomic E-state index is 12.8. The van der Waals surface area contributed by atoms with Crippen molar-refractivity contribution in [2.45, 2.75) is 39.0 Å². The van der Waals surface area contributed by atoms with Crippen molar-refractivity contribution < 1.29 is 4.79 Å². The molecular formula is C17H19N5OS. The number of piperidine rings is 1. The molecule has 6 nitrogen and oxygen atoms in total. The van der Waals surface area contributed by atoms with Crippen molar-refractivity contribution in [1.29, 1.82) is 0 Å². The van der Waals surface area contributed by atoms with Crippen molar-refractivity contribution in [3.05, 3.63) is 22.6 Å². The van der Waals surface area contributed by atoms with Crippen molar-refractivity contribution in [1.82, 2.24) is 24.5 Å². The zero-order chi connectivity index (χ0) is 16.3. The van der Waals surface area contributed by atoms with E-state index in [1.165, 1.54) is 23.3 Å². The Labute approximate surface area is 143 Å². The summed E-state index contributed by atoms with van der Waals surface area (Å²) in [4.78, 5) is 26.3. The number of likely N-dealkylation sites (tertiary alicyclic amines) is 1. The van der Waals surface area contributed by atoms with Gasteiger partial charge in [0.1, 0.15) is 11.2 Å². The fraction of sp³-hybridized carbons (Fsp3) is 0.529. The number of hydrogen-bond donors (Lipinski definition) is 0. The summed E-state index contributed by atoms with van der Waals surface area (Å²) in [5.74, 6) is 0.801. The van der Waals surface area contributed by atoms with Crippen molar-refractivity contribution in [3.8, 4) is 0 Å². The number of carbonyl (C=O) groups is 1. The lowest BCUT2D eigenvalue weighted by Gasteiger charge is -2.29. The smallest absolute Gasteiger partial charge is 0.293 e. The second-order valence-corrected chi connectivity index (χ2v) is 8.07. The first-order valence-electron chi connectivity index (χ1n) is 8.65. The number of carbonyl (C=O) groups excluding carboxylic acids is 1. The van der Waals surface area contributed by atoms with Crippen LogP contribution in [-0.4, -0.2) is 43.5 Å². The Morgan fingerprint density at radius 2 is 2.25 bits per heavy atom. The molecular weight excluding hydrogens is 322 g/mol. The first-order valence-corrected chi connectivity index (χ1v) is 9.47. The van der Waals surface area contributed by atoms with Crippen LogP contribution in [-0.2, 0) is 12.8 Å². The second kappa shape index (κ2) is 5.24. The highest BCUT2D eigenvalue weighted by molar-refractivity contribution is 7.19. The van der Waals surface area contributed by atoms with Crippen LogP contribution >= 0.6 is 11.3 Å². The average molecular weight is 341 g/mol. The van der Waals surface area contributed by atoms with E-state index in [0.29, 0.717) is 11.7 Å². The Hall–Kier alpha value is -2.02. The third kappa shape index (κ3) is 2.07. The van der Waals surface area contributed by atoms with Gasteiger partial charge in [-0.25, -0.2) is 14.5 Å². The van der Waals surface area contributed by atoms with E-state index < -0.39 is 0 Å². The first kappa shape index (κ1) is 14.3. The van der Waals surface area contributed by atoms with Gasteiger partial charge in [-0.2, -0.15) is 0 Å². The quantitative estimate of drug-likeness (QED) is 0.683. The Balaban J connectivity index is 1.60. The van der Waals surface area contributed by atoms with Crippen LogP contribution in [0.4, 0.5) is 0 Å². The number of fused-ring (bicyclic) bond motifs is 5. The standard InChI is InChI=1S/C17H19N5OS/c1-10-4-3-7-21(8-10)17(23)14-19-15-13-11-5-2-6-12(11)24-16(13)18-9-22(15)20-14/h9-10H,2-8H2,1H3. The average Bonchev–Trinajstić information content (AvgIpc) is 3.26. The predicted molar refractivity (Wildman–Crippen MR) is 92.5 cm³/mol. The Kier molecular flexibility index (Phi) is 3.13. The van der Waals surface area contributed by atoms with Gasteiger partial charge in [0.05, 0.1) is 5.39 Å². The molecule has 7 heteroatoms. The molecule has 2 aliphatic rings. The van der Waals surface area contributed by atoms with Crippen LogP contribution in [0.25, 0.3) is 15.9 Å². The minimum atomic E-state index is -0.0507. The van der Waals surface area contributed by atoms with Gasteiger partial charge in [-0.1, -0.05) is 6.92 Å². The number of amides is 1. The molecule has 1 fully saturated rings. The van der Waals surface area contributed by atoms with E-state index in [-0.39, 0.29) is 5.91 Å². The molecule has 124 valence electrons. The van der Waals surface area contributed by atoms with E-state index >= 15 is 0 Å². The summed E-state index contributed by atoms with van der Waals surface area (Å²) in [5.41, 5.74) is 2.15. The van der Waals surface area contributed by atoms with Gasteiger partial charge in [-0.05, 0) is 43.6 Å². The molecule has 0 bridgehead atoms. The van der Waals surface area contributed by atoms with Crippen LogP contribution in [0.2, 0.25) is 0 Å². The number of aryl methyl sites for hydroxylation is 2. The van der Waals surface area contributed by atoms with Gasteiger partial charge in [-0.15, -0.1) is 16.4 Å². The Bertz CT molecular complexity index is 959. The molecule has 1 atom stereocenters. The predicted octanol–water partition coefficient (Wildman–Crippen LogP) is 2.70. The van der Waals surface area contributed by atoms with Crippen LogP contribution in [0.1, 0.15) is 47.2 Å². The summed E-state index contributed by atoms with van der Waals surface area (Å²) in [6, 6.07) is 0. The summed E-state index contributed by atoms with van der Waals surface area (Å²) in [6.07, 6.45) is 7.35. The van der Waals surface area contributed by atoms with Gasteiger partial charge < -0.3 is 4.90 Å². The third-order valence-corrected chi connectivity index (χ3v) is 6.38. The highest BCUT2D eigenvalue weighted by Crippen LogP contribution is 2.37.